The average molecular weight is 398 g/mol. The van der Waals surface area contributed by atoms with Gasteiger partial charge in [-0.1, -0.05) is 17.7 Å². The number of hydrogen-bond donors (Lipinski definition) is 1. The summed E-state index contributed by atoms with van der Waals surface area (Å²) in [5.41, 5.74) is 0.177. The Morgan fingerprint density at radius 2 is 2.00 bits per heavy atom. The lowest BCUT2D eigenvalue weighted by Crippen LogP contribution is -2.41. The molecule has 3 heterocycles. The molecule has 3 amide bonds. The number of amides is 3. The third-order valence-electron chi connectivity index (χ3n) is 4.89. The lowest BCUT2D eigenvalue weighted by atomic mass is 9.97. The molecule has 1 aliphatic rings. The molecule has 1 fully saturated rings. The SMILES string of the molecule is Cc1cc2oc(=O)cc(CN3C(=O)NC(C)(c4ccccn4)C3=O)c2cc1Cl. The zero-order valence-electron chi connectivity index (χ0n) is 15.2. The number of urea groups is 1. The van der Waals surface area contributed by atoms with Crippen LogP contribution in [0.4, 0.5) is 4.79 Å². The predicted octanol–water partition coefficient (Wildman–Crippen LogP) is 3.12. The van der Waals surface area contributed by atoms with Gasteiger partial charge >= 0.3 is 11.7 Å². The van der Waals surface area contributed by atoms with E-state index in [1.807, 2.05) is 0 Å². The van der Waals surface area contributed by atoms with E-state index in [-0.39, 0.29) is 6.54 Å². The zero-order chi connectivity index (χ0) is 20.1. The first-order chi connectivity index (χ1) is 13.3. The molecular weight excluding hydrogens is 382 g/mol. The molecule has 1 aliphatic heterocycles. The number of aromatic nitrogens is 1. The number of hydrogen-bond acceptors (Lipinski definition) is 5. The largest absolute Gasteiger partial charge is 0.423 e. The fourth-order valence-corrected chi connectivity index (χ4v) is 3.49. The number of pyridine rings is 1. The third kappa shape index (κ3) is 2.84. The van der Waals surface area contributed by atoms with Crippen molar-refractivity contribution < 1.29 is 14.0 Å². The molecule has 0 aliphatic carbocycles. The van der Waals surface area contributed by atoms with Crippen LogP contribution in [-0.4, -0.2) is 21.8 Å². The first-order valence-corrected chi connectivity index (χ1v) is 8.96. The summed E-state index contributed by atoms with van der Waals surface area (Å²) in [4.78, 5) is 42.9. The van der Waals surface area contributed by atoms with Crippen LogP contribution in [0.3, 0.4) is 0 Å². The van der Waals surface area contributed by atoms with E-state index < -0.39 is 23.1 Å². The number of carbonyl (C=O) groups is 2. The summed E-state index contributed by atoms with van der Waals surface area (Å²) >= 11 is 6.21. The van der Waals surface area contributed by atoms with E-state index in [9.17, 15) is 14.4 Å². The second-order valence-corrected chi connectivity index (χ2v) is 7.26. The number of carbonyl (C=O) groups excluding carboxylic acids is 2. The van der Waals surface area contributed by atoms with Crippen molar-refractivity contribution in [2.24, 2.45) is 0 Å². The van der Waals surface area contributed by atoms with E-state index in [2.05, 4.69) is 10.3 Å². The van der Waals surface area contributed by atoms with E-state index in [1.54, 1.807) is 50.4 Å². The minimum atomic E-state index is -1.28. The van der Waals surface area contributed by atoms with Crippen LogP contribution in [0.25, 0.3) is 11.0 Å². The maximum Gasteiger partial charge on any atom is 0.336 e. The molecule has 8 heteroatoms. The first-order valence-electron chi connectivity index (χ1n) is 8.58. The smallest absolute Gasteiger partial charge is 0.336 e. The van der Waals surface area contributed by atoms with Crippen molar-refractivity contribution in [3.05, 3.63) is 74.9 Å². The molecule has 1 atom stereocenters. The lowest BCUT2D eigenvalue weighted by Gasteiger charge is -2.21. The van der Waals surface area contributed by atoms with E-state index in [0.29, 0.717) is 27.2 Å². The van der Waals surface area contributed by atoms with Gasteiger partial charge < -0.3 is 9.73 Å². The average Bonchev–Trinajstić information content (AvgIpc) is 2.88. The number of nitrogens with zero attached hydrogens (tertiary/aromatic N) is 2. The van der Waals surface area contributed by atoms with Crippen molar-refractivity contribution in [3.63, 3.8) is 0 Å². The molecule has 0 spiro atoms. The maximum absolute atomic E-state index is 13.1. The Hall–Kier alpha value is -3.19. The highest BCUT2D eigenvalue weighted by Gasteiger charge is 2.50. The number of benzene rings is 1. The molecule has 28 heavy (non-hydrogen) atoms. The first kappa shape index (κ1) is 18.2. The Labute approximate surface area is 164 Å². The Morgan fingerprint density at radius 3 is 2.71 bits per heavy atom. The molecule has 7 nitrogen and oxygen atoms in total. The maximum atomic E-state index is 13.1. The van der Waals surface area contributed by atoms with Crippen molar-refractivity contribution in [2.75, 3.05) is 0 Å². The zero-order valence-corrected chi connectivity index (χ0v) is 15.9. The molecule has 0 bridgehead atoms. The Balaban J connectivity index is 1.76. The molecular formula is C20H16ClN3O4. The summed E-state index contributed by atoms with van der Waals surface area (Å²) in [7, 11) is 0. The number of rotatable bonds is 3. The van der Waals surface area contributed by atoms with Gasteiger partial charge in [-0.3, -0.25) is 14.7 Å². The van der Waals surface area contributed by atoms with Gasteiger partial charge in [0.2, 0.25) is 0 Å². The highest BCUT2D eigenvalue weighted by Crippen LogP contribution is 2.30. The van der Waals surface area contributed by atoms with Crippen LogP contribution in [0.1, 0.15) is 23.7 Å². The molecule has 142 valence electrons. The van der Waals surface area contributed by atoms with Gasteiger partial charge in [0, 0.05) is 22.7 Å². The number of aryl methyl sites for hydroxylation is 1. The van der Waals surface area contributed by atoms with Crippen LogP contribution in [0, 0.1) is 6.92 Å². The van der Waals surface area contributed by atoms with Gasteiger partial charge in [-0.25, -0.2) is 9.59 Å². The third-order valence-corrected chi connectivity index (χ3v) is 5.30. The van der Waals surface area contributed by atoms with Gasteiger partial charge in [-0.05, 0) is 49.2 Å². The van der Waals surface area contributed by atoms with Crippen LogP contribution in [0.2, 0.25) is 5.02 Å². The normalized spacial score (nSPS) is 19.3. The second kappa shape index (κ2) is 6.45. The summed E-state index contributed by atoms with van der Waals surface area (Å²) in [6.07, 6.45) is 1.56. The second-order valence-electron chi connectivity index (χ2n) is 6.85. The van der Waals surface area contributed by atoms with Gasteiger partial charge in [-0.2, -0.15) is 0 Å². The Morgan fingerprint density at radius 1 is 1.21 bits per heavy atom. The fourth-order valence-electron chi connectivity index (χ4n) is 3.32. The molecule has 1 aromatic carbocycles. The molecule has 0 saturated carbocycles. The molecule has 1 saturated heterocycles. The van der Waals surface area contributed by atoms with Crippen LogP contribution >= 0.6 is 11.6 Å². The van der Waals surface area contributed by atoms with Gasteiger partial charge in [0.1, 0.15) is 5.58 Å². The van der Waals surface area contributed by atoms with Crippen molar-refractivity contribution in [1.29, 1.82) is 0 Å². The van der Waals surface area contributed by atoms with Crippen molar-refractivity contribution in [2.45, 2.75) is 25.9 Å². The summed E-state index contributed by atoms with van der Waals surface area (Å²) in [5, 5.41) is 3.77. The minimum absolute atomic E-state index is 0.0887. The van der Waals surface area contributed by atoms with E-state index in [4.69, 9.17) is 16.0 Å². The van der Waals surface area contributed by atoms with E-state index in [1.165, 1.54) is 6.07 Å². The number of imide groups is 1. The fraction of sp³-hybridized carbons (Fsp3) is 0.200. The molecule has 0 radical (unpaired) electrons. The topological polar surface area (TPSA) is 92.5 Å². The van der Waals surface area contributed by atoms with Crippen molar-refractivity contribution in [3.8, 4) is 0 Å². The highest BCUT2D eigenvalue weighted by molar-refractivity contribution is 6.32. The summed E-state index contributed by atoms with van der Waals surface area (Å²) in [6.45, 7) is 3.31. The monoisotopic (exact) mass is 397 g/mol. The van der Waals surface area contributed by atoms with Gasteiger partial charge in [-0.15, -0.1) is 0 Å². The molecule has 2 aromatic heterocycles. The number of fused-ring (bicyclic) bond motifs is 1. The van der Waals surface area contributed by atoms with Gasteiger partial charge in [0.25, 0.3) is 5.91 Å². The standard InChI is InChI=1S/C20H16ClN3O4/c1-11-7-15-13(9-14(11)21)12(8-17(25)28-15)10-24-18(26)20(2,23-19(24)27)16-5-3-4-6-22-16/h3-9H,10H2,1-2H3,(H,23,27). The Kier molecular flexibility index (Phi) is 4.19. The molecule has 3 aromatic rings. The Bertz CT molecular complexity index is 1180. The van der Waals surface area contributed by atoms with Crippen LogP contribution in [0.5, 0.6) is 0 Å². The van der Waals surface area contributed by atoms with Crippen molar-refractivity contribution in [1.82, 2.24) is 15.2 Å². The summed E-state index contributed by atoms with van der Waals surface area (Å²) < 4.78 is 5.24. The molecule has 4 rings (SSSR count). The summed E-state index contributed by atoms with van der Waals surface area (Å²) in [6, 6.07) is 9.19. The van der Waals surface area contributed by atoms with Crippen LogP contribution in [0.15, 0.2) is 51.8 Å². The molecule has 1 unspecified atom stereocenters. The van der Waals surface area contributed by atoms with Gasteiger partial charge in [0.05, 0.1) is 12.2 Å². The van der Waals surface area contributed by atoms with E-state index >= 15 is 0 Å². The number of halogens is 1. The van der Waals surface area contributed by atoms with Crippen LogP contribution in [-0.2, 0) is 16.9 Å². The van der Waals surface area contributed by atoms with E-state index in [0.717, 1.165) is 10.5 Å². The van der Waals surface area contributed by atoms with Crippen molar-refractivity contribution >= 4 is 34.5 Å². The quantitative estimate of drug-likeness (QED) is 0.541. The summed E-state index contributed by atoms with van der Waals surface area (Å²) in [5.74, 6) is -0.448. The lowest BCUT2D eigenvalue weighted by molar-refractivity contribution is -0.131. The molecule has 1 N–H and O–H groups in total. The van der Waals surface area contributed by atoms with Crippen LogP contribution < -0.4 is 10.9 Å². The highest BCUT2D eigenvalue weighted by atomic mass is 35.5. The number of nitrogens with one attached hydrogen (secondary N) is 1. The van der Waals surface area contributed by atoms with Gasteiger partial charge in [0.15, 0.2) is 5.54 Å². The predicted molar refractivity (Wildman–Crippen MR) is 103 cm³/mol. The minimum Gasteiger partial charge on any atom is -0.423 e.